The maximum Gasteiger partial charge on any atom is 0.264 e. The highest BCUT2D eigenvalue weighted by atomic mass is 19.1. The average molecular weight is 785 g/mol. The number of rotatable bonds is 10. The van der Waals surface area contributed by atoms with Crippen LogP contribution in [0.15, 0.2) is 79.0 Å². The lowest BCUT2D eigenvalue weighted by molar-refractivity contribution is -0.136. The zero-order chi connectivity index (χ0) is 39.9. The molecule has 0 bridgehead atoms. The van der Waals surface area contributed by atoms with E-state index in [0.717, 1.165) is 52.9 Å². The highest BCUT2D eigenvalue weighted by molar-refractivity contribution is 6.25. The number of imidazole rings is 1. The van der Waals surface area contributed by atoms with Crippen LogP contribution in [0.1, 0.15) is 70.8 Å². The summed E-state index contributed by atoms with van der Waals surface area (Å²) < 4.78 is 15.9. The molecule has 0 radical (unpaired) electrons. The summed E-state index contributed by atoms with van der Waals surface area (Å²) in [5.74, 6) is -0.853. The highest BCUT2D eigenvalue weighted by Gasteiger charge is 2.45. The van der Waals surface area contributed by atoms with E-state index in [9.17, 15) is 28.4 Å². The number of pyridine rings is 1. The number of imide groups is 2. The number of hydrogen-bond acceptors (Lipinski definition) is 11. The van der Waals surface area contributed by atoms with E-state index in [4.69, 9.17) is 10.1 Å². The average Bonchev–Trinajstić information content (AvgIpc) is 3.96. The monoisotopic (exact) mass is 784 g/mol. The van der Waals surface area contributed by atoms with Gasteiger partial charge in [-0.3, -0.25) is 34.2 Å². The SMILES string of the molecule is O=C1CCC(N2C(=O)c3cccc(NCCCC(=O)N4CCN(c5cccc(-c6cnc7ccc(N8CCC[C@@H]8c8cccc(F)c8)nn67)n5)CC4)c3C2=O)C(=O)N1. The number of piperidine rings is 1. The van der Waals surface area contributed by atoms with Gasteiger partial charge in [0.05, 0.1) is 29.1 Å². The number of benzene rings is 2. The molecule has 3 saturated heterocycles. The van der Waals surface area contributed by atoms with Crippen LogP contribution in [-0.4, -0.2) is 104 Å². The summed E-state index contributed by atoms with van der Waals surface area (Å²) in [7, 11) is 0. The molecule has 0 aliphatic carbocycles. The van der Waals surface area contributed by atoms with E-state index in [1.165, 1.54) is 6.07 Å². The van der Waals surface area contributed by atoms with E-state index >= 15 is 0 Å². The van der Waals surface area contributed by atoms with E-state index in [1.807, 2.05) is 45.8 Å². The lowest BCUT2D eigenvalue weighted by Crippen LogP contribution is -2.54. The Morgan fingerprint density at radius 1 is 0.862 bits per heavy atom. The number of fused-ring (bicyclic) bond motifs is 2. The Morgan fingerprint density at radius 3 is 2.52 bits per heavy atom. The first-order valence-corrected chi connectivity index (χ1v) is 19.7. The molecule has 2 aromatic carbocycles. The molecule has 9 rings (SSSR count). The van der Waals surface area contributed by atoms with Gasteiger partial charge in [0.25, 0.3) is 11.8 Å². The molecule has 4 aliphatic heterocycles. The largest absolute Gasteiger partial charge is 0.384 e. The van der Waals surface area contributed by atoms with Crippen molar-refractivity contribution in [2.24, 2.45) is 0 Å². The molecule has 15 nitrogen and oxygen atoms in total. The summed E-state index contributed by atoms with van der Waals surface area (Å²) in [4.78, 5) is 80.6. The molecule has 58 heavy (non-hydrogen) atoms. The normalized spacial score (nSPS) is 19.6. The number of hydrogen-bond donors (Lipinski definition) is 2. The number of anilines is 3. The quantitative estimate of drug-likeness (QED) is 0.154. The van der Waals surface area contributed by atoms with Gasteiger partial charge < -0.3 is 20.0 Å². The molecule has 0 saturated carbocycles. The maximum absolute atomic E-state index is 14.1. The number of nitrogens with zero attached hydrogens (tertiary/aromatic N) is 8. The standard InChI is InChI=1S/C42H41FN10O5/c43-27-7-1-6-26(24-27)31-11-5-19-51(31)36-16-15-34-45-25-33(53(34)48-36)29-9-3-12-35(46-29)49-20-22-50(23-21-49)38(55)13-4-18-44-30-10-2-8-28-39(30)42(58)52(41(28)57)32-14-17-37(54)47-40(32)56/h1-3,6-10,12,15-16,24-25,31-32,44H,4-5,11,13-14,17-23H2,(H,47,54,56)/t31-,32?/m1/s1. The molecule has 1 unspecified atom stereocenters. The van der Waals surface area contributed by atoms with Crippen LogP contribution in [-0.2, 0) is 14.4 Å². The van der Waals surface area contributed by atoms with Crippen LogP contribution in [0.5, 0.6) is 0 Å². The van der Waals surface area contributed by atoms with Crippen molar-refractivity contribution < 1.29 is 28.4 Å². The van der Waals surface area contributed by atoms with E-state index in [0.29, 0.717) is 56.9 Å². The van der Waals surface area contributed by atoms with Crippen molar-refractivity contribution in [1.82, 2.24) is 34.7 Å². The summed E-state index contributed by atoms with van der Waals surface area (Å²) in [6, 6.07) is 20.5. The molecular formula is C42H41FN10O5. The Hall–Kier alpha value is -6.71. The van der Waals surface area contributed by atoms with Crippen molar-refractivity contribution in [2.75, 3.05) is 54.4 Å². The van der Waals surface area contributed by atoms with Crippen LogP contribution in [0.4, 0.5) is 21.7 Å². The fraction of sp³-hybridized carbons (Fsp3) is 0.333. The van der Waals surface area contributed by atoms with Gasteiger partial charge in [-0.1, -0.05) is 24.3 Å². The fourth-order valence-electron chi connectivity index (χ4n) is 8.50. The van der Waals surface area contributed by atoms with E-state index in [1.54, 1.807) is 36.5 Å². The Kier molecular flexibility index (Phi) is 9.75. The predicted molar refractivity (Wildman–Crippen MR) is 212 cm³/mol. The molecule has 0 spiro atoms. The van der Waals surface area contributed by atoms with Gasteiger partial charge in [-0.15, -0.1) is 5.10 Å². The zero-order valence-corrected chi connectivity index (χ0v) is 31.6. The third-order valence-electron chi connectivity index (χ3n) is 11.4. The van der Waals surface area contributed by atoms with Crippen LogP contribution in [0.2, 0.25) is 0 Å². The molecular weight excluding hydrogens is 744 g/mol. The number of carbonyl (C=O) groups excluding carboxylic acids is 5. The first-order chi connectivity index (χ1) is 28.2. The number of nitrogens with one attached hydrogen (secondary N) is 2. The number of carbonyl (C=O) groups is 5. The molecule has 3 aromatic heterocycles. The van der Waals surface area contributed by atoms with Crippen LogP contribution in [0.25, 0.3) is 17.0 Å². The molecule has 16 heteroatoms. The van der Waals surface area contributed by atoms with E-state index in [2.05, 4.69) is 25.4 Å². The summed E-state index contributed by atoms with van der Waals surface area (Å²) in [5.41, 5.74) is 3.97. The second-order valence-corrected chi connectivity index (χ2v) is 15.0. The first-order valence-electron chi connectivity index (χ1n) is 19.7. The van der Waals surface area contributed by atoms with Crippen LogP contribution < -0.4 is 20.4 Å². The zero-order valence-electron chi connectivity index (χ0n) is 31.6. The molecule has 2 N–H and O–H groups in total. The van der Waals surface area contributed by atoms with Gasteiger partial charge in [-0.25, -0.2) is 18.9 Å². The number of halogens is 1. The van der Waals surface area contributed by atoms with E-state index < -0.39 is 29.7 Å². The van der Waals surface area contributed by atoms with Crippen molar-refractivity contribution in [3.63, 3.8) is 0 Å². The van der Waals surface area contributed by atoms with Gasteiger partial charge >= 0.3 is 0 Å². The minimum Gasteiger partial charge on any atom is -0.384 e. The van der Waals surface area contributed by atoms with Crippen LogP contribution >= 0.6 is 0 Å². The smallest absolute Gasteiger partial charge is 0.264 e. The van der Waals surface area contributed by atoms with Crippen molar-refractivity contribution in [3.05, 3.63) is 102 Å². The van der Waals surface area contributed by atoms with Gasteiger partial charge in [0.2, 0.25) is 17.7 Å². The minimum atomic E-state index is -1.04. The molecule has 3 fully saturated rings. The van der Waals surface area contributed by atoms with Crippen molar-refractivity contribution in [1.29, 1.82) is 0 Å². The molecule has 5 aromatic rings. The number of piperazine rings is 1. The van der Waals surface area contributed by atoms with Crippen molar-refractivity contribution in [3.8, 4) is 11.4 Å². The second-order valence-electron chi connectivity index (χ2n) is 15.0. The number of aromatic nitrogens is 4. The maximum atomic E-state index is 14.1. The highest BCUT2D eigenvalue weighted by Crippen LogP contribution is 2.36. The predicted octanol–water partition coefficient (Wildman–Crippen LogP) is 4.21. The number of amides is 5. The Labute approximate surface area is 332 Å². The Morgan fingerprint density at radius 2 is 1.69 bits per heavy atom. The van der Waals surface area contributed by atoms with Gasteiger partial charge in [0.1, 0.15) is 29.2 Å². The fourth-order valence-corrected chi connectivity index (χ4v) is 8.50. The molecule has 5 amide bonds. The Bertz CT molecular complexity index is 2460. The van der Waals surface area contributed by atoms with Crippen molar-refractivity contribution >= 4 is 52.5 Å². The van der Waals surface area contributed by atoms with Crippen LogP contribution in [0.3, 0.4) is 0 Å². The minimum absolute atomic E-state index is 0.0296. The second kappa shape index (κ2) is 15.3. The van der Waals surface area contributed by atoms with Gasteiger partial charge in [-0.2, -0.15) is 0 Å². The molecule has 7 heterocycles. The topological polar surface area (TPSA) is 165 Å². The van der Waals surface area contributed by atoms with E-state index in [-0.39, 0.29) is 41.7 Å². The molecule has 4 aliphatic rings. The third kappa shape index (κ3) is 6.88. The Balaban J connectivity index is 0.797. The van der Waals surface area contributed by atoms with Gasteiger partial charge in [0.15, 0.2) is 5.65 Å². The lowest BCUT2D eigenvalue weighted by atomic mass is 10.0. The summed E-state index contributed by atoms with van der Waals surface area (Å²) >= 11 is 0. The van der Waals surface area contributed by atoms with Gasteiger partial charge in [-0.05, 0) is 79.8 Å². The molecule has 296 valence electrons. The molecule has 2 atom stereocenters. The summed E-state index contributed by atoms with van der Waals surface area (Å²) in [5, 5.41) is 10.4. The van der Waals surface area contributed by atoms with Crippen molar-refractivity contribution in [2.45, 2.75) is 50.6 Å². The van der Waals surface area contributed by atoms with Crippen LogP contribution in [0, 0.1) is 5.82 Å². The first kappa shape index (κ1) is 36.9. The summed E-state index contributed by atoms with van der Waals surface area (Å²) in [6.45, 7) is 3.52. The summed E-state index contributed by atoms with van der Waals surface area (Å²) in [6.07, 6.45) is 4.61. The lowest BCUT2D eigenvalue weighted by Gasteiger charge is -2.35. The van der Waals surface area contributed by atoms with Gasteiger partial charge in [0, 0.05) is 57.8 Å². The third-order valence-corrected chi connectivity index (χ3v) is 11.4.